The van der Waals surface area contributed by atoms with Crippen LogP contribution in [0.5, 0.6) is 0 Å². The fourth-order valence-corrected chi connectivity index (χ4v) is 1.40. The van der Waals surface area contributed by atoms with Crippen LogP contribution in [0.1, 0.15) is 18.4 Å². The lowest BCUT2D eigenvalue weighted by atomic mass is 10.4. The molecule has 0 bridgehead atoms. The fourth-order valence-electron chi connectivity index (χ4n) is 0.811. The topological polar surface area (TPSA) is 24.9 Å². The average molecular weight is 180 g/mol. The van der Waals surface area contributed by atoms with Crippen LogP contribution in [-0.4, -0.2) is 11.5 Å². The Bertz CT molecular complexity index is 256. The molecule has 3 heteroatoms. The van der Waals surface area contributed by atoms with Crippen LogP contribution >= 0.6 is 11.3 Å². The molecule has 1 aromatic rings. The Labute approximate surface area is 77.0 Å². The van der Waals surface area contributed by atoms with Gasteiger partial charge < -0.3 is 5.32 Å². The molecule has 1 heterocycles. The van der Waals surface area contributed by atoms with Gasteiger partial charge in [-0.1, -0.05) is 0 Å². The summed E-state index contributed by atoms with van der Waals surface area (Å²) in [7, 11) is 0. The van der Waals surface area contributed by atoms with Crippen molar-refractivity contribution >= 4 is 11.3 Å². The van der Waals surface area contributed by atoms with Gasteiger partial charge in [-0.25, -0.2) is 4.98 Å². The van der Waals surface area contributed by atoms with E-state index in [2.05, 4.69) is 22.1 Å². The van der Waals surface area contributed by atoms with E-state index in [9.17, 15) is 0 Å². The molecule has 0 unspecified atom stereocenters. The lowest BCUT2D eigenvalue weighted by Gasteiger charge is -1.96. The summed E-state index contributed by atoms with van der Waals surface area (Å²) in [5, 5.41) is 6.40. The number of nitrogens with zero attached hydrogens (tertiary/aromatic N) is 1. The highest BCUT2D eigenvalue weighted by atomic mass is 32.1. The lowest BCUT2D eigenvalue weighted by Crippen LogP contribution is -2.13. The number of aromatic nitrogens is 1. The SMILES string of the molecule is CC#CCCNCc1nccs1. The van der Waals surface area contributed by atoms with E-state index in [-0.39, 0.29) is 0 Å². The van der Waals surface area contributed by atoms with E-state index >= 15 is 0 Å². The molecule has 0 fully saturated rings. The van der Waals surface area contributed by atoms with Crippen molar-refractivity contribution in [1.29, 1.82) is 0 Å². The van der Waals surface area contributed by atoms with Gasteiger partial charge in [0.15, 0.2) is 0 Å². The largest absolute Gasteiger partial charge is 0.310 e. The van der Waals surface area contributed by atoms with Gasteiger partial charge in [-0.15, -0.1) is 23.2 Å². The number of thiazole rings is 1. The number of nitrogens with one attached hydrogen (secondary N) is 1. The van der Waals surface area contributed by atoms with E-state index in [0.717, 1.165) is 24.5 Å². The van der Waals surface area contributed by atoms with Crippen LogP contribution in [0.2, 0.25) is 0 Å². The first-order chi connectivity index (χ1) is 5.93. The van der Waals surface area contributed by atoms with Crippen molar-refractivity contribution in [3.8, 4) is 11.8 Å². The van der Waals surface area contributed by atoms with Gasteiger partial charge in [-0.3, -0.25) is 0 Å². The summed E-state index contributed by atoms with van der Waals surface area (Å²) < 4.78 is 0. The Kier molecular flexibility index (Phi) is 4.43. The third-order valence-corrected chi connectivity index (χ3v) is 2.14. The molecule has 0 saturated carbocycles. The van der Waals surface area contributed by atoms with Crippen molar-refractivity contribution < 1.29 is 0 Å². The molecule has 0 atom stereocenters. The maximum atomic E-state index is 4.15. The van der Waals surface area contributed by atoms with Gasteiger partial charge >= 0.3 is 0 Å². The van der Waals surface area contributed by atoms with Crippen molar-refractivity contribution in [3.63, 3.8) is 0 Å². The summed E-state index contributed by atoms with van der Waals surface area (Å²) in [6.45, 7) is 3.67. The van der Waals surface area contributed by atoms with E-state index in [0.29, 0.717) is 0 Å². The molecule has 0 aromatic carbocycles. The highest BCUT2D eigenvalue weighted by Gasteiger charge is 1.91. The predicted molar refractivity (Wildman–Crippen MR) is 51.9 cm³/mol. The third kappa shape index (κ3) is 3.51. The van der Waals surface area contributed by atoms with E-state index in [4.69, 9.17) is 0 Å². The summed E-state index contributed by atoms with van der Waals surface area (Å²) in [5.41, 5.74) is 0. The quantitative estimate of drug-likeness (QED) is 0.563. The van der Waals surface area contributed by atoms with Crippen molar-refractivity contribution in [2.24, 2.45) is 0 Å². The molecular formula is C9H12N2S. The molecule has 0 aliphatic rings. The van der Waals surface area contributed by atoms with Crippen molar-refractivity contribution in [3.05, 3.63) is 16.6 Å². The van der Waals surface area contributed by atoms with Gasteiger partial charge in [-0.05, 0) is 6.92 Å². The highest BCUT2D eigenvalue weighted by Crippen LogP contribution is 2.02. The Balaban J connectivity index is 2.06. The number of hydrogen-bond donors (Lipinski definition) is 1. The molecule has 0 aliphatic heterocycles. The van der Waals surface area contributed by atoms with Crippen LogP contribution < -0.4 is 5.32 Å². The van der Waals surface area contributed by atoms with Crippen molar-refractivity contribution in [2.45, 2.75) is 19.9 Å². The molecule has 1 N–H and O–H groups in total. The highest BCUT2D eigenvalue weighted by molar-refractivity contribution is 7.09. The lowest BCUT2D eigenvalue weighted by molar-refractivity contribution is 0.698. The molecule has 0 radical (unpaired) electrons. The van der Waals surface area contributed by atoms with Gasteiger partial charge in [0, 0.05) is 31.1 Å². The van der Waals surface area contributed by atoms with Crippen LogP contribution in [0.25, 0.3) is 0 Å². The Hall–Kier alpha value is -0.850. The normalized spacial score (nSPS) is 9.08. The second-order valence-electron chi connectivity index (χ2n) is 2.28. The van der Waals surface area contributed by atoms with Crippen molar-refractivity contribution in [2.75, 3.05) is 6.54 Å². The standard InChI is InChI=1S/C9H12N2S/c1-2-3-4-5-10-8-9-11-6-7-12-9/h6-7,10H,4-5,8H2,1H3. The predicted octanol–water partition coefficient (Wildman–Crippen LogP) is 1.65. The maximum Gasteiger partial charge on any atom is 0.106 e. The van der Waals surface area contributed by atoms with Crippen LogP contribution in [0.3, 0.4) is 0 Å². The smallest absolute Gasteiger partial charge is 0.106 e. The van der Waals surface area contributed by atoms with Gasteiger partial charge in [0.25, 0.3) is 0 Å². The molecule has 12 heavy (non-hydrogen) atoms. The summed E-state index contributed by atoms with van der Waals surface area (Å²) in [5.74, 6) is 5.86. The van der Waals surface area contributed by atoms with E-state index in [1.165, 1.54) is 0 Å². The Morgan fingerprint density at radius 2 is 2.58 bits per heavy atom. The molecule has 0 amide bonds. The monoisotopic (exact) mass is 180 g/mol. The first-order valence-electron chi connectivity index (χ1n) is 3.92. The maximum absolute atomic E-state index is 4.15. The molecular weight excluding hydrogens is 168 g/mol. The summed E-state index contributed by atoms with van der Waals surface area (Å²) in [6.07, 6.45) is 2.75. The Morgan fingerprint density at radius 3 is 3.25 bits per heavy atom. The Morgan fingerprint density at radius 1 is 1.67 bits per heavy atom. The minimum Gasteiger partial charge on any atom is -0.310 e. The van der Waals surface area contributed by atoms with E-state index in [1.807, 2.05) is 18.5 Å². The first kappa shape index (κ1) is 9.24. The van der Waals surface area contributed by atoms with Gasteiger partial charge in [-0.2, -0.15) is 0 Å². The van der Waals surface area contributed by atoms with Crippen molar-refractivity contribution in [1.82, 2.24) is 10.3 Å². The minimum absolute atomic E-state index is 0.864. The van der Waals surface area contributed by atoms with Gasteiger partial charge in [0.05, 0.1) is 0 Å². The zero-order valence-electron chi connectivity index (χ0n) is 7.13. The number of rotatable bonds is 4. The third-order valence-electron chi connectivity index (χ3n) is 1.36. The molecule has 0 saturated heterocycles. The van der Waals surface area contributed by atoms with Gasteiger partial charge in [0.2, 0.25) is 0 Å². The van der Waals surface area contributed by atoms with E-state index in [1.54, 1.807) is 11.3 Å². The molecule has 0 aliphatic carbocycles. The second-order valence-corrected chi connectivity index (χ2v) is 3.26. The molecule has 1 rings (SSSR count). The zero-order valence-corrected chi connectivity index (χ0v) is 7.95. The molecule has 0 spiro atoms. The molecule has 64 valence electrons. The van der Waals surface area contributed by atoms with Crippen LogP contribution in [0, 0.1) is 11.8 Å². The second kappa shape index (κ2) is 5.76. The van der Waals surface area contributed by atoms with Crippen LogP contribution in [-0.2, 0) is 6.54 Å². The zero-order chi connectivity index (χ0) is 8.65. The van der Waals surface area contributed by atoms with Crippen LogP contribution in [0.4, 0.5) is 0 Å². The van der Waals surface area contributed by atoms with E-state index < -0.39 is 0 Å². The number of hydrogen-bond acceptors (Lipinski definition) is 3. The van der Waals surface area contributed by atoms with Gasteiger partial charge in [0.1, 0.15) is 5.01 Å². The minimum atomic E-state index is 0.864. The summed E-state index contributed by atoms with van der Waals surface area (Å²) in [6, 6.07) is 0. The summed E-state index contributed by atoms with van der Waals surface area (Å²) >= 11 is 1.68. The summed E-state index contributed by atoms with van der Waals surface area (Å²) in [4.78, 5) is 4.15. The molecule has 1 aromatic heterocycles. The molecule has 2 nitrogen and oxygen atoms in total. The fraction of sp³-hybridized carbons (Fsp3) is 0.444. The average Bonchev–Trinajstić information content (AvgIpc) is 2.57. The first-order valence-corrected chi connectivity index (χ1v) is 4.80. The van der Waals surface area contributed by atoms with Crippen LogP contribution in [0.15, 0.2) is 11.6 Å².